The van der Waals surface area contributed by atoms with Gasteiger partial charge in [-0.15, -0.1) is 0 Å². The van der Waals surface area contributed by atoms with Gasteiger partial charge in [0.05, 0.1) is 0 Å². The van der Waals surface area contributed by atoms with Crippen molar-refractivity contribution < 1.29 is 24.5 Å². The highest BCUT2D eigenvalue weighted by molar-refractivity contribution is 5.99. The molecule has 5 nitrogen and oxygen atoms in total. The Bertz CT molecular complexity index is 636. The van der Waals surface area contributed by atoms with Crippen molar-refractivity contribution in [1.82, 2.24) is 0 Å². The Morgan fingerprint density at radius 2 is 1.76 bits per heavy atom. The molecule has 0 amide bonds. The number of carboxylic acids is 1. The summed E-state index contributed by atoms with van der Waals surface area (Å²) in [4.78, 5) is 22.6. The van der Waals surface area contributed by atoms with Gasteiger partial charge in [-0.3, -0.25) is 4.79 Å². The van der Waals surface area contributed by atoms with E-state index in [0.717, 1.165) is 0 Å². The first-order valence-corrected chi connectivity index (χ1v) is 6.30. The molecule has 0 fully saturated rings. The molecule has 108 valence electrons. The molecule has 0 aromatic heterocycles. The zero-order valence-corrected chi connectivity index (χ0v) is 11.1. The molecule has 21 heavy (non-hydrogen) atoms. The van der Waals surface area contributed by atoms with E-state index < -0.39 is 24.5 Å². The largest absolute Gasteiger partial charge is 0.482 e. The Balaban J connectivity index is 2.15. The van der Waals surface area contributed by atoms with E-state index >= 15 is 0 Å². The zero-order chi connectivity index (χ0) is 15.2. The summed E-state index contributed by atoms with van der Waals surface area (Å²) in [6.45, 7) is -0.480. The molecule has 0 radical (unpaired) electrons. The number of aliphatic carboxylic acids is 1. The van der Waals surface area contributed by atoms with Crippen molar-refractivity contribution in [3.05, 3.63) is 65.7 Å². The van der Waals surface area contributed by atoms with E-state index in [-0.39, 0.29) is 5.75 Å². The fraction of sp³-hybridized carbons (Fsp3) is 0.125. The van der Waals surface area contributed by atoms with Crippen molar-refractivity contribution in [2.24, 2.45) is 0 Å². The average Bonchev–Trinajstić information content (AvgIpc) is 2.52. The first kappa shape index (κ1) is 14.7. The summed E-state index contributed by atoms with van der Waals surface area (Å²) in [5, 5.41) is 18.7. The van der Waals surface area contributed by atoms with Crippen molar-refractivity contribution >= 4 is 11.8 Å². The summed E-state index contributed by atoms with van der Waals surface area (Å²) in [5.41, 5.74) is 0.758. The number of carbonyl (C=O) groups is 2. The van der Waals surface area contributed by atoms with Crippen LogP contribution in [-0.4, -0.2) is 28.6 Å². The third-order valence-electron chi connectivity index (χ3n) is 2.84. The number of benzene rings is 2. The highest BCUT2D eigenvalue weighted by Crippen LogP contribution is 2.22. The predicted molar refractivity (Wildman–Crippen MR) is 75.3 cm³/mol. The lowest BCUT2D eigenvalue weighted by atomic mass is 10.00. The van der Waals surface area contributed by atoms with Crippen molar-refractivity contribution in [3.8, 4) is 5.75 Å². The summed E-state index contributed by atoms with van der Waals surface area (Å²) < 4.78 is 5.02. The first-order chi connectivity index (χ1) is 10.1. The van der Waals surface area contributed by atoms with Crippen LogP contribution in [-0.2, 0) is 4.79 Å². The number of carbonyl (C=O) groups excluding carboxylic acids is 1. The highest BCUT2D eigenvalue weighted by Gasteiger charge is 2.19. The Morgan fingerprint density at radius 3 is 2.43 bits per heavy atom. The molecule has 1 atom stereocenters. The van der Waals surface area contributed by atoms with Gasteiger partial charge in [-0.1, -0.05) is 42.5 Å². The molecule has 0 aliphatic carbocycles. The Morgan fingerprint density at radius 1 is 1.05 bits per heavy atom. The maximum atomic E-state index is 12.1. The topological polar surface area (TPSA) is 83.8 Å². The maximum absolute atomic E-state index is 12.1. The number of aliphatic hydroxyl groups is 1. The molecule has 0 saturated heterocycles. The third-order valence-corrected chi connectivity index (χ3v) is 2.84. The van der Waals surface area contributed by atoms with Gasteiger partial charge >= 0.3 is 5.97 Å². The fourth-order valence-corrected chi connectivity index (χ4v) is 1.83. The average molecular weight is 286 g/mol. The maximum Gasteiger partial charge on any atom is 0.341 e. The van der Waals surface area contributed by atoms with E-state index in [2.05, 4.69) is 0 Å². The predicted octanol–water partition coefficient (Wildman–Crippen LogP) is 2.07. The summed E-state index contributed by atoms with van der Waals surface area (Å²) in [6, 6.07) is 14.6. The van der Waals surface area contributed by atoms with Gasteiger partial charge in [0.1, 0.15) is 11.9 Å². The molecule has 0 spiro atoms. The first-order valence-electron chi connectivity index (χ1n) is 6.30. The number of ether oxygens (including phenoxy) is 1. The van der Waals surface area contributed by atoms with Crippen molar-refractivity contribution in [2.45, 2.75) is 6.10 Å². The number of aliphatic hydroxyl groups excluding tert-OH is 1. The second-order valence-electron chi connectivity index (χ2n) is 4.39. The molecule has 2 N–H and O–H groups in total. The second-order valence-corrected chi connectivity index (χ2v) is 4.39. The van der Waals surface area contributed by atoms with Crippen molar-refractivity contribution in [2.75, 3.05) is 6.61 Å². The normalized spacial score (nSPS) is 11.7. The summed E-state index contributed by atoms with van der Waals surface area (Å²) in [7, 11) is 0. The van der Waals surface area contributed by atoms with Crippen molar-refractivity contribution in [3.63, 3.8) is 0 Å². The van der Waals surface area contributed by atoms with Crippen LogP contribution in [0.15, 0.2) is 54.6 Å². The Hall–Kier alpha value is -2.66. The van der Waals surface area contributed by atoms with Crippen LogP contribution in [0.3, 0.4) is 0 Å². The van der Waals surface area contributed by atoms with E-state index in [1.54, 1.807) is 48.5 Å². The molecule has 1 unspecified atom stereocenters. The van der Waals surface area contributed by atoms with Crippen LogP contribution < -0.4 is 4.74 Å². The van der Waals surface area contributed by atoms with E-state index in [1.165, 1.54) is 6.07 Å². The molecular formula is C16H14O5. The minimum absolute atomic E-state index is 0.287. The lowest BCUT2D eigenvalue weighted by Gasteiger charge is -2.11. The SMILES string of the molecule is O=C(O)COc1cccc(C(O)C(=O)c2ccccc2)c1. The molecule has 0 bridgehead atoms. The quantitative estimate of drug-likeness (QED) is 0.794. The minimum atomic E-state index is -1.32. The van der Waals surface area contributed by atoms with Crippen molar-refractivity contribution in [1.29, 1.82) is 0 Å². The van der Waals surface area contributed by atoms with Crippen LogP contribution in [0.25, 0.3) is 0 Å². The number of ketones is 1. The van der Waals surface area contributed by atoms with Crippen LogP contribution in [0.5, 0.6) is 5.75 Å². The third kappa shape index (κ3) is 3.90. The van der Waals surface area contributed by atoms with Gasteiger partial charge in [-0.2, -0.15) is 0 Å². The minimum Gasteiger partial charge on any atom is -0.482 e. The van der Waals surface area contributed by atoms with Crippen LogP contribution in [0.1, 0.15) is 22.0 Å². The number of rotatable bonds is 6. The molecular weight excluding hydrogens is 272 g/mol. The molecule has 0 aliphatic rings. The van der Waals surface area contributed by atoms with Gasteiger partial charge in [-0.25, -0.2) is 4.79 Å². The molecule has 2 aromatic carbocycles. The fourth-order valence-electron chi connectivity index (χ4n) is 1.83. The van der Waals surface area contributed by atoms with Gasteiger partial charge in [0.25, 0.3) is 0 Å². The monoisotopic (exact) mass is 286 g/mol. The van der Waals surface area contributed by atoms with E-state index in [4.69, 9.17) is 9.84 Å². The molecule has 2 rings (SSSR count). The lowest BCUT2D eigenvalue weighted by molar-refractivity contribution is -0.139. The standard InChI is InChI=1S/C16H14O5/c17-14(18)10-21-13-8-4-7-12(9-13)16(20)15(19)11-5-2-1-3-6-11/h1-9,16,20H,10H2,(H,17,18). The molecule has 0 heterocycles. The number of hydrogen-bond donors (Lipinski definition) is 2. The zero-order valence-electron chi connectivity index (χ0n) is 11.1. The second kappa shape index (κ2) is 6.67. The van der Waals surface area contributed by atoms with Gasteiger partial charge in [0.15, 0.2) is 12.4 Å². The highest BCUT2D eigenvalue weighted by atomic mass is 16.5. The van der Waals surface area contributed by atoms with Crippen LogP contribution in [0.4, 0.5) is 0 Å². The summed E-state index contributed by atoms with van der Waals surface area (Å²) in [6.07, 6.45) is -1.32. The lowest BCUT2D eigenvalue weighted by Crippen LogP contribution is -2.13. The molecule has 0 aliphatic heterocycles. The van der Waals surface area contributed by atoms with Gasteiger partial charge in [-0.05, 0) is 17.7 Å². The Kier molecular flexibility index (Phi) is 4.68. The number of Topliss-reactive ketones (excluding diaryl/α,β-unsaturated/α-hetero) is 1. The molecule has 5 heteroatoms. The van der Waals surface area contributed by atoms with Crippen LogP contribution >= 0.6 is 0 Å². The van der Waals surface area contributed by atoms with Crippen LogP contribution in [0, 0.1) is 0 Å². The van der Waals surface area contributed by atoms with Gasteiger partial charge in [0.2, 0.25) is 0 Å². The van der Waals surface area contributed by atoms with Gasteiger partial charge in [0, 0.05) is 5.56 Å². The van der Waals surface area contributed by atoms with E-state index in [0.29, 0.717) is 11.1 Å². The van der Waals surface area contributed by atoms with Crippen LogP contribution in [0.2, 0.25) is 0 Å². The Labute approximate surface area is 121 Å². The summed E-state index contributed by atoms with van der Waals surface area (Å²) >= 11 is 0. The number of carboxylic acid groups (broad SMARTS) is 1. The van der Waals surface area contributed by atoms with Gasteiger partial charge < -0.3 is 14.9 Å². The van der Waals surface area contributed by atoms with E-state index in [9.17, 15) is 14.7 Å². The molecule has 0 saturated carbocycles. The summed E-state index contributed by atoms with van der Waals surface area (Å²) in [5.74, 6) is -1.23. The van der Waals surface area contributed by atoms with E-state index in [1.807, 2.05) is 0 Å². The smallest absolute Gasteiger partial charge is 0.341 e. The molecule has 2 aromatic rings. The number of hydrogen-bond acceptors (Lipinski definition) is 4.